The quantitative estimate of drug-likeness (QED) is 0.682. The van der Waals surface area contributed by atoms with Crippen LogP contribution in [-0.4, -0.2) is 83.8 Å². The van der Waals surface area contributed by atoms with Crippen LogP contribution in [-0.2, 0) is 19.7 Å². The monoisotopic (exact) mass is 349 g/mol. The lowest BCUT2D eigenvalue weighted by atomic mass is 9.98. The van der Waals surface area contributed by atoms with Gasteiger partial charge in [-0.15, -0.1) is 0 Å². The van der Waals surface area contributed by atoms with Crippen molar-refractivity contribution in [2.45, 2.75) is 31.8 Å². The van der Waals surface area contributed by atoms with Gasteiger partial charge in [-0.25, -0.2) is 4.72 Å². The largest absolute Gasteiger partial charge is 0.383 e. The van der Waals surface area contributed by atoms with Crippen molar-refractivity contribution >= 4 is 10.2 Å². The summed E-state index contributed by atoms with van der Waals surface area (Å²) in [6.07, 6.45) is 3.93. The summed E-state index contributed by atoms with van der Waals surface area (Å²) in [5.74, 6) is 0.381. The Morgan fingerprint density at radius 3 is 2.52 bits per heavy atom. The number of piperidine rings is 2. The number of rotatable bonds is 8. The van der Waals surface area contributed by atoms with E-state index < -0.39 is 10.2 Å². The molecular weight excluding hydrogens is 318 g/mol. The molecule has 7 nitrogen and oxygen atoms in total. The molecule has 2 heterocycles. The minimum Gasteiger partial charge on any atom is -0.383 e. The highest BCUT2D eigenvalue weighted by Gasteiger charge is 2.29. The van der Waals surface area contributed by atoms with Gasteiger partial charge in [-0.3, -0.25) is 0 Å². The summed E-state index contributed by atoms with van der Waals surface area (Å²) in [5, 5.41) is 0. The Bertz CT molecular complexity index is 438. The van der Waals surface area contributed by atoms with Gasteiger partial charge in [0.1, 0.15) is 0 Å². The van der Waals surface area contributed by atoms with Gasteiger partial charge < -0.3 is 14.4 Å². The van der Waals surface area contributed by atoms with E-state index in [0.29, 0.717) is 25.6 Å². The van der Waals surface area contributed by atoms with Crippen molar-refractivity contribution in [1.82, 2.24) is 13.9 Å². The number of methoxy groups -OCH3 is 2. The van der Waals surface area contributed by atoms with Crippen LogP contribution in [0, 0.1) is 5.92 Å². The fourth-order valence-corrected chi connectivity index (χ4v) is 4.68. The zero-order valence-corrected chi connectivity index (χ0v) is 15.2. The Balaban J connectivity index is 1.75. The lowest BCUT2D eigenvalue weighted by molar-refractivity contribution is 0.0601. The predicted octanol–water partition coefficient (Wildman–Crippen LogP) is 0.290. The maximum Gasteiger partial charge on any atom is 0.279 e. The fourth-order valence-electron chi connectivity index (χ4n) is 3.36. The summed E-state index contributed by atoms with van der Waals surface area (Å²) >= 11 is 0. The van der Waals surface area contributed by atoms with Gasteiger partial charge in [0.2, 0.25) is 0 Å². The molecule has 2 aliphatic rings. The molecular formula is C15H31N3O4S. The number of nitrogens with one attached hydrogen (secondary N) is 1. The molecule has 23 heavy (non-hydrogen) atoms. The molecule has 0 aromatic carbocycles. The van der Waals surface area contributed by atoms with E-state index in [2.05, 4.69) is 9.62 Å². The van der Waals surface area contributed by atoms with Crippen LogP contribution in [0.2, 0.25) is 0 Å². The van der Waals surface area contributed by atoms with Crippen LogP contribution < -0.4 is 4.72 Å². The lowest BCUT2D eigenvalue weighted by Gasteiger charge is -2.34. The zero-order valence-electron chi connectivity index (χ0n) is 14.4. The topological polar surface area (TPSA) is 71.1 Å². The van der Waals surface area contributed by atoms with Crippen LogP contribution in [0.5, 0.6) is 0 Å². The van der Waals surface area contributed by atoms with Crippen molar-refractivity contribution in [3.63, 3.8) is 0 Å². The van der Waals surface area contributed by atoms with E-state index in [1.54, 1.807) is 18.5 Å². The molecule has 136 valence electrons. The first-order chi connectivity index (χ1) is 11.0. The first kappa shape index (κ1) is 19.1. The van der Waals surface area contributed by atoms with Crippen molar-refractivity contribution in [1.29, 1.82) is 0 Å². The molecule has 0 aromatic heterocycles. The Morgan fingerprint density at radius 2 is 1.87 bits per heavy atom. The molecule has 2 rings (SSSR count). The minimum absolute atomic E-state index is 0.189. The lowest BCUT2D eigenvalue weighted by Crippen LogP contribution is -2.48. The van der Waals surface area contributed by atoms with Crippen molar-refractivity contribution in [3.8, 4) is 0 Å². The van der Waals surface area contributed by atoms with Gasteiger partial charge >= 0.3 is 0 Å². The average Bonchev–Trinajstić information content (AvgIpc) is 2.59. The molecule has 0 spiro atoms. The number of hydrogen-bond donors (Lipinski definition) is 1. The first-order valence-corrected chi connectivity index (χ1v) is 9.98. The fraction of sp³-hybridized carbons (Fsp3) is 1.00. The third kappa shape index (κ3) is 5.95. The minimum atomic E-state index is -3.36. The van der Waals surface area contributed by atoms with Crippen LogP contribution in [0.3, 0.4) is 0 Å². The van der Waals surface area contributed by atoms with Crippen molar-refractivity contribution in [3.05, 3.63) is 0 Å². The molecule has 0 bridgehead atoms. The molecule has 2 fully saturated rings. The highest BCUT2D eigenvalue weighted by Crippen LogP contribution is 2.18. The van der Waals surface area contributed by atoms with Gasteiger partial charge in [-0.05, 0) is 38.1 Å². The molecule has 1 N–H and O–H groups in total. The van der Waals surface area contributed by atoms with Crippen molar-refractivity contribution in [2.75, 3.05) is 60.1 Å². The molecule has 0 radical (unpaired) electrons. The van der Waals surface area contributed by atoms with Crippen LogP contribution in [0.15, 0.2) is 0 Å². The van der Waals surface area contributed by atoms with Crippen LogP contribution in [0.25, 0.3) is 0 Å². The third-order valence-corrected chi connectivity index (χ3v) is 6.42. The Hall–Kier alpha value is -0.250. The second-order valence-corrected chi connectivity index (χ2v) is 8.24. The SMILES string of the molecule is COCCN1CCCC(CNS(=O)(=O)N2CCC(OC)CC2)C1. The number of nitrogens with zero attached hydrogens (tertiary/aromatic N) is 2. The van der Waals surface area contributed by atoms with Gasteiger partial charge in [-0.2, -0.15) is 12.7 Å². The number of hydrogen-bond acceptors (Lipinski definition) is 5. The smallest absolute Gasteiger partial charge is 0.279 e. The van der Waals surface area contributed by atoms with E-state index in [1.165, 1.54) is 0 Å². The van der Waals surface area contributed by atoms with Gasteiger partial charge in [0.15, 0.2) is 0 Å². The average molecular weight is 349 g/mol. The van der Waals surface area contributed by atoms with Crippen molar-refractivity contribution in [2.24, 2.45) is 5.92 Å². The summed E-state index contributed by atoms with van der Waals surface area (Å²) in [6.45, 7) is 5.28. The summed E-state index contributed by atoms with van der Waals surface area (Å²) in [7, 11) is 0.0324. The summed E-state index contributed by atoms with van der Waals surface area (Å²) in [6, 6.07) is 0. The molecule has 8 heteroatoms. The predicted molar refractivity (Wildman–Crippen MR) is 89.6 cm³/mol. The Kier molecular flexibility index (Phi) is 7.71. The highest BCUT2D eigenvalue weighted by molar-refractivity contribution is 7.87. The molecule has 2 aliphatic heterocycles. The van der Waals surface area contributed by atoms with E-state index in [1.807, 2.05) is 0 Å². The van der Waals surface area contributed by atoms with Crippen LogP contribution >= 0.6 is 0 Å². The summed E-state index contributed by atoms with van der Waals surface area (Å²) in [5.41, 5.74) is 0. The van der Waals surface area contributed by atoms with E-state index in [9.17, 15) is 8.42 Å². The summed E-state index contributed by atoms with van der Waals surface area (Å²) < 4.78 is 39.6. The number of ether oxygens (including phenoxy) is 2. The maximum absolute atomic E-state index is 12.4. The Morgan fingerprint density at radius 1 is 1.13 bits per heavy atom. The molecule has 0 amide bonds. The van der Waals surface area contributed by atoms with Crippen molar-refractivity contribution < 1.29 is 17.9 Å². The molecule has 0 aromatic rings. The van der Waals surface area contributed by atoms with E-state index >= 15 is 0 Å². The van der Waals surface area contributed by atoms with Crippen LogP contribution in [0.1, 0.15) is 25.7 Å². The second-order valence-electron chi connectivity index (χ2n) is 6.49. The Labute approximate surface area is 140 Å². The molecule has 0 aliphatic carbocycles. The molecule has 2 saturated heterocycles. The summed E-state index contributed by atoms with van der Waals surface area (Å²) in [4.78, 5) is 2.36. The second kappa shape index (κ2) is 9.29. The molecule has 1 unspecified atom stereocenters. The highest BCUT2D eigenvalue weighted by atomic mass is 32.2. The molecule has 0 saturated carbocycles. The zero-order chi connectivity index (χ0) is 16.7. The third-order valence-electron chi connectivity index (χ3n) is 4.84. The van der Waals surface area contributed by atoms with Gasteiger partial charge in [0.05, 0.1) is 12.7 Å². The van der Waals surface area contributed by atoms with Gasteiger partial charge in [-0.1, -0.05) is 0 Å². The number of likely N-dealkylation sites (tertiary alicyclic amines) is 1. The van der Waals surface area contributed by atoms with Crippen LogP contribution in [0.4, 0.5) is 0 Å². The van der Waals surface area contributed by atoms with Gasteiger partial charge in [0, 0.05) is 46.9 Å². The van der Waals surface area contributed by atoms with Gasteiger partial charge in [0.25, 0.3) is 10.2 Å². The van der Waals surface area contributed by atoms with E-state index in [4.69, 9.17) is 9.47 Å². The van der Waals surface area contributed by atoms with E-state index in [0.717, 1.165) is 51.9 Å². The van der Waals surface area contributed by atoms with E-state index in [-0.39, 0.29) is 6.10 Å². The molecule has 1 atom stereocenters. The maximum atomic E-state index is 12.4. The standard InChI is InChI=1S/C15H31N3O4S/c1-21-11-10-17-7-3-4-14(13-17)12-16-23(19,20)18-8-5-15(22-2)6-9-18/h14-16H,3-13H2,1-2H3. The first-order valence-electron chi connectivity index (χ1n) is 8.54. The normalized spacial score (nSPS) is 25.7.